The van der Waals surface area contributed by atoms with Gasteiger partial charge in [0.25, 0.3) is 0 Å². The minimum atomic E-state index is -1.76. The summed E-state index contributed by atoms with van der Waals surface area (Å²) >= 11 is 0. The molecule has 4 rings (SSSR count). The Kier molecular flexibility index (Phi) is 7.77. The molecule has 3 aromatic carbocycles. The van der Waals surface area contributed by atoms with E-state index in [1.54, 1.807) is 18.2 Å². The molecule has 2 unspecified atom stereocenters. The number of methoxy groups -OCH3 is 2. The van der Waals surface area contributed by atoms with E-state index in [-0.39, 0.29) is 46.9 Å². The van der Waals surface area contributed by atoms with E-state index in [4.69, 9.17) is 9.47 Å². The zero-order chi connectivity index (χ0) is 25.8. The van der Waals surface area contributed by atoms with Crippen molar-refractivity contribution in [2.45, 2.75) is 25.8 Å². The molecular formula is C28H29BFNO5. The van der Waals surface area contributed by atoms with Gasteiger partial charge in [-0.3, -0.25) is 4.79 Å². The van der Waals surface area contributed by atoms with E-state index < -0.39 is 7.12 Å². The summed E-state index contributed by atoms with van der Waals surface area (Å²) in [5, 5.41) is 22.5. The van der Waals surface area contributed by atoms with Gasteiger partial charge in [0.2, 0.25) is 5.91 Å². The van der Waals surface area contributed by atoms with Crippen LogP contribution in [0, 0.1) is 11.7 Å². The van der Waals surface area contributed by atoms with Crippen LogP contribution >= 0.6 is 0 Å². The topological polar surface area (TPSA) is 88.0 Å². The van der Waals surface area contributed by atoms with Gasteiger partial charge >= 0.3 is 7.12 Å². The third-order valence-corrected chi connectivity index (χ3v) is 6.70. The number of hydrogen-bond acceptors (Lipinski definition) is 5. The minimum absolute atomic E-state index is 0.0654. The first-order valence-electron chi connectivity index (χ1n) is 11.8. The molecule has 0 heterocycles. The molecule has 0 saturated carbocycles. The lowest BCUT2D eigenvalue weighted by Crippen LogP contribution is -2.32. The van der Waals surface area contributed by atoms with Crippen LogP contribution in [0.2, 0.25) is 0 Å². The van der Waals surface area contributed by atoms with Gasteiger partial charge in [0.05, 0.1) is 19.7 Å². The van der Waals surface area contributed by atoms with Crippen LogP contribution in [0.5, 0.6) is 11.5 Å². The lowest BCUT2D eigenvalue weighted by Gasteiger charge is -2.18. The molecule has 0 saturated heterocycles. The molecule has 0 aromatic heterocycles. The van der Waals surface area contributed by atoms with Gasteiger partial charge < -0.3 is 24.8 Å². The lowest BCUT2D eigenvalue weighted by atomic mass is 9.78. The van der Waals surface area contributed by atoms with Crippen LogP contribution < -0.4 is 20.3 Å². The molecule has 1 amide bonds. The Labute approximate surface area is 210 Å². The molecule has 0 radical (unpaired) electrons. The summed E-state index contributed by atoms with van der Waals surface area (Å²) in [5.41, 5.74) is 4.50. The van der Waals surface area contributed by atoms with Crippen LogP contribution in [0.25, 0.3) is 11.6 Å². The number of carbonyl (C=O) groups is 1. The van der Waals surface area contributed by atoms with Crippen molar-refractivity contribution < 1.29 is 28.7 Å². The van der Waals surface area contributed by atoms with Gasteiger partial charge in [0.1, 0.15) is 17.3 Å². The van der Waals surface area contributed by atoms with E-state index in [0.29, 0.717) is 6.54 Å². The SMILES string of the molecule is COc1cc(/C=C2\c3ccc(F)cc3C(CC(=O)NCc3ccccc3)C2C)cc(OC)c1B(O)O. The number of benzene rings is 3. The highest BCUT2D eigenvalue weighted by Crippen LogP contribution is 2.48. The van der Waals surface area contributed by atoms with Crippen LogP contribution in [0.4, 0.5) is 4.39 Å². The first kappa shape index (κ1) is 25.5. The van der Waals surface area contributed by atoms with E-state index in [1.807, 2.05) is 43.3 Å². The maximum atomic E-state index is 14.2. The molecule has 2 atom stereocenters. The van der Waals surface area contributed by atoms with Crippen molar-refractivity contribution >= 4 is 30.1 Å². The van der Waals surface area contributed by atoms with E-state index in [9.17, 15) is 19.2 Å². The van der Waals surface area contributed by atoms with Crippen LogP contribution in [0.1, 0.15) is 41.5 Å². The first-order chi connectivity index (χ1) is 17.3. The van der Waals surface area contributed by atoms with E-state index >= 15 is 0 Å². The van der Waals surface area contributed by atoms with Gasteiger partial charge in [-0.25, -0.2) is 4.39 Å². The molecule has 1 aliphatic carbocycles. The van der Waals surface area contributed by atoms with Crippen molar-refractivity contribution in [3.63, 3.8) is 0 Å². The summed E-state index contributed by atoms with van der Waals surface area (Å²) in [6.45, 7) is 2.46. The van der Waals surface area contributed by atoms with Crippen molar-refractivity contribution in [1.82, 2.24) is 5.32 Å². The van der Waals surface area contributed by atoms with Crippen molar-refractivity contribution in [2.75, 3.05) is 14.2 Å². The molecule has 0 bridgehead atoms. The molecule has 0 spiro atoms. The monoisotopic (exact) mass is 489 g/mol. The maximum absolute atomic E-state index is 14.2. The van der Waals surface area contributed by atoms with E-state index in [1.165, 1.54) is 26.4 Å². The van der Waals surface area contributed by atoms with Crippen molar-refractivity contribution in [1.29, 1.82) is 0 Å². The second-order valence-electron chi connectivity index (χ2n) is 8.91. The Balaban J connectivity index is 1.65. The standard InChI is InChI=1S/C28H29BFNO5/c1-17-22(11-19-12-25(35-2)28(29(33)34)26(13-19)36-3)21-10-9-20(30)14-24(21)23(17)15-27(32)31-16-18-7-5-4-6-8-18/h4-14,17,23,33-34H,15-16H2,1-3H3,(H,31,32)/b22-11-. The fraction of sp³-hybridized carbons (Fsp3) is 0.250. The molecule has 186 valence electrons. The third kappa shape index (κ3) is 5.30. The third-order valence-electron chi connectivity index (χ3n) is 6.70. The highest BCUT2D eigenvalue weighted by Gasteiger charge is 2.35. The Bertz CT molecular complexity index is 1250. The van der Waals surface area contributed by atoms with Gasteiger partial charge in [-0.1, -0.05) is 49.4 Å². The van der Waals surface area contributed by atoms with Crippen LogP contribution in [0.15, 0.2) is 60.7 Å². The summed E-state index contributed by atoms with van der Waals surface area (Å²) in [6.07, 6.45) is 2.17. The molecule has 6 nitrogen and oxygen atoms in total. The van der Waals surface area contributed by atoms with E-state index in [0.717, 1.165) is 27.8 Å². The summed E-state index contributed by atoms with van der Waals surface area (Å²) < 4.78 is 25.0. The number of fused-ring (bicyclic) bond motifs is 1. The predicted octanol–water partition coefficient (Wildman–Crippen LogP) is 3.50. The number of amides is 1. The molecule has 0 aliphatic heterocycles. The Morgan fingerprint density at radius 2 is 1.72 bits per heavy atom. The number of hydrogen-bond donors (Lipinski definition) is 3. The molecule has 1 aliphatic rings. The van der Waals surface area contributed by atoms with Gasteiger partial charge in [-0.05, 0) is 63.9 Å². The van der Waals surface area contributed by atoms with Gasteiger partial charge in [-0.15, -0.1) is 0 Å². The summed E-state index contributed by atoms with van der Waals surface area (Å²) in [7, 11) is 1.13. The molecular weight excluding hydrogens is 460 g/mol. The second-order valence-corrected chi connectivity index (χ2v) is 8.91. The summed E-state index contributed by atoms with van der Waals surface area (Å²) in [4.78, 5) is 12.8. The van der Waals surface area contributed by atoms with Crippen molar-refractivity contribution in [2.24, 2.45) is 5.92 Å². The Morgan fingerprint density at radius 1 is 1.06 bits per heavy atom. The zero-order valence-electron chi connectivity index (χ0n) is 20.5. The highest BCUT2D eigenvalue weighted by molar-refractivity contribution is 6.61. The van der Waals surface area contributed by atoms with E-state index in [2.05, 4.69) is 5.32 Å². The van der Waals surface area contributed by atoms with Gasteiger partial charge in [-0.2, -0.15) is 0 Å². The number of ether oxygens (including phenoxy) is 2. The Hall–Kier alpha value is -3.62. The Morgan fingerprint density at radius 3 is 2.33 bits per heavy atom. The summed E-state index contributed by atoms with van der Waals surface area (Å²) in [6, 6.07) is 17.7. The number of halogens is 1. The van der Waals surface area contributed by atoms with Crippen LogP contribution in [-0.2, 0) is 11.3 Å². The van der Waals surface area contributed by atoms with Gasteiger partial charge in [0, 0.05) is 13.0 Å². The van der Waals surface area contributed by atoms with Crippen molar-refractivity contribution in [3.05, 3.63) is 88.7 Å². The average molecular weight is 489 g/mol. The quantitative estimate of drug-likeness (QED) is 0.422. The van der Waals surface area contributed by atoms with Crippen LogP contribution in [-0.4, -0.2) is 37.3 Å². The number of rotatable bonds is 8. The largest absolute Gasteiger partial charge is 0.497 e. The number of carbonyl (C=O) groups excluding carboxylic acids is 1. The molecule has 8 heteroatoms. The highest BCUT2D eigenvalue weighted by atomic mass is 19.1. The molecule has 36 heavy (non-hydrogen) atoms. The fourth-order valence-electron chi connectivity index (χ4n) is 4.88. The normalized spacial score (nSPS) is 17.6. The van der Waals surface area contributed by atoms with Gasteiger partial charge in [0.15, 0.2) is 0 Å². The fourth-order valence-corrected chi connectivity index (χ4v) is 4.88. The lowest BCUT2D eigenvalue weighted by molar-refractivity contribution is -0.121. The maximum Gasteiger partial charge on any atom is 0.496 e. The molecule has 3 aromatic rings. The van der Waals surface area contributed by atoms with Crippen LogP contribution in [0.3, 0.4) is 0 Å². The molecule has 0 fully saturated rings. The average Bonchev–Trinajstić information content (AvgIpc) is 3.12. The number of nitrogens with one attached hydrogen (secondary N) is 1. The molecule has 3 N–H and O–H groups in total. The van der Waals surface area contributed by atoms with Crippen molar-refractivity contribution in [3.8, 4) is 11.5 Å². The smallest absolute Gasteiger partial charge is 0.496 e. The minimum Gasteiger partial charge on any atom is -0.497 e. The summed E-state index contributed by atoms with van der Waals surface area (Å²) in [5.74, 6) is -0.154. The zero-order valence-corrected chi connectivity index (χ0v) is 20.5. The second kappa shape index (κ2) is 11.0. The number of allylic oxidation sites excluding steroid dienone is 1. The first-order valence-corrected chi connectivity index (χ1v) is 11.8. The predicted molar refractivity (Wildman–Crippen MR) is 138 cm³/mol.